The minimum absolute atomic E-state index is 0. The lowest BCUT2D eigenvalue weighted by Crippen LogP contribution is -2.48. The standard InChI is InChI=1S/C13H18N2O2.ClH/c1-9-3-4-10(2)11(7-9)15-13(16)12-8-17-6-5-14-12;/h3-4,7,12,14H,5-6,8H2,1-2H3,(H,15,16);1H. The van der Waals surface area contributed by atoms with Crippen LogP contribution >= 0.6 is 12.4 Å². The van der Waals surface area contributed by atoms with Gasteiger partial charge in [0, 0.05) is 12.2 Å². The first-order valence-electron chi connectivity index (χ1n) is 5.86. The summed E-state index contributed by atoms with van der Waals surface area (Å²) in [7, 11) is 0. The molecule has 0 aromatic heterocycles. The largest absolute Gasteiger partial charge is 0.378 e. The highest BCUT2D eigenvalue weighted by molar-refractivity contribution is 5.95. The van der Waals surface area contributed by atoms with Gasteiger partial charge in [-0.3, -0.25) is 4.79 Å². The van der Waals surface area contributed by atoms with Gasteiger partial charge in [0.2, 0.25) is 5.91 Å². The molecule has 1 atom stereocenters. The number of aryl methyl sites for hydroxylation is 2. The molecule has 0 aliphatic carbocycles. The van der Waals surface area contributed by atoms with Gasteiger partial charge in [-0.05, 0) is 31.0 Å². The number of amides is 1. The molecule has 1 aromatic rings. The fourth-order valence-corrected chi connectivity index (χ4v) is 1.82. The summed E-state index contributed by atoms with van der Waals surface area (Å²) in [6, 6.07) is 5.78. The number of nitrogens with one attached hydrogen (secondary N) is 2. The van der Waals surface area contributed by atoms with Crippen molar-refractivity contribution in [1.82, 2.24) is 5.32 Å². The summed E-state index contributed by atoms with van der Waals surface area (Å²) in [5.74, 6) is -0.0293. The Morgan fingerprint density at radius 2 is 2.22 bits per heavy atom. The van der Waals surface area contributed by atoms with Crippen molar-refractivity contribution in [3.63, 3.8) is 0 Å². The van der Waals surface area contributed by atoms with Crippen LogP contribution in [0.1, 0.15) is 11.1 Å². The molecule has 1 saturated heterocycles. The van der Waals surface area contributed by atoms with Crippen LogP contribution < -0.4 is 10.6 Å². The second-order valence-electron chi connectivity index (χ2n) is 4.39. The molecule has 5 heteroatoms. The van der Waals surface area contributed by atoms with E-state index in [4.69, 9.17) is 4.74 Å². The van der Waals surface area contributed by atoms with Crippen LogP contribution in [0.5, 0.6) is 0 Å². The summed E-state index contributed by atoms with van der Waals surface area (Å²) in [4.78, 5) is 12.0. The smallest absolute Gasteiger partial charge is 0.243 e. The number of rotatable bonds is 2. The molecule has 1 amide bonds. The Labute approximate surface area is 114 Å². The highest BCUT2D eigenvalue weighted by atomic mass is 35.5. The first-order chi connectivity index (χ1) is 8.16. The van der Waals surface area contributed by atoms with Gasteiger partial charge in [0.05, 0.1) is 13.2 Å². The second kappa shape index (κ2) is 6.73. The van der Waals surface area contributed by atoms with Gasteiger partial charge in [0.15, 0.2) is 0 Å². The highest BCUT2D eigenvalue weighted by Crippen LogP contribution is 2.16. The van der Waals surface area contributed by atoms with Crippen LogP contribution in [0.2, 0.25) is 0 Å². The number of carbonyl (C=O) groups excluding carboxylic acids is 1. The fraction of sp³-hybridized carbons (Fsp3) is 0.462. The number of carbonyl (C=O) groups is 1. The maximum absolute atomic E-state index is 12.0. The van der Waals surface area contributed by atoms with E-state index in [0.717, 1.165) is 23.4 Å². The minimum Gasteiger partial charge on any atom is -0.378 e. The van der Waals surface area contributed by atoms with E-state index in [0.29, 0.717) is 13.2 Å². The molecule has 0 saturated carbocycles. The molecule has 0 radical (unpaired) electrons. The molecule has 100 valence electrons. The molecule has 1 heterocycles. The van der Waals surface area contributed by atoms with Gasteiger partial charge in [-0.2, -0.15) is 0 Å². The van der Waals surface area contributed by atoms with Crippen molar-refractivity contribution in [2.75, 3.05) is 25.1 Å². The number of ether oxygens (including phenoxy) is 1. The van der Waals surface area contributed by atoms with Crippen LogP contribution in [0.3, 0.4) is 0 Å². The van der Waals surface area contributed by atoms with Gasteiger partial charge in [0.25, 0.3) is 0 Å². The zero-order chi connectivity index (χ0) is 12.3. The Morgan fingerprint density at radius 3 is 2.89 bits per heavy atom. The van der Waals surface area contributed by atoms with Crippen LogP contribution in [0.15, 0.2) is 18.2 Å². The van der Waals surface area contributed by atoms with Crippen LogP contribution in [0.25, 0.3) is 0 Å². The van der Waals surface area contributed by atoms with Crippen molar-refractivity contribution in [1.29, 1.82) is 0 Å². The van der Waals surface area contributed by atoms with E-state index in [1.165, 1.54) is 0 Å². The van der Waals surface area contributed by atoms with Crippen LogP contribution in [0.4, 0.5) is 5.69 Å². The van der Waals surface area contributed by atoms with Crippen molar-refractivity contribution in [3.05, 3.63) is 29.3 Å². The molecule has 4 nitrogen and oxygen atoms in total. The van der Waals surface area contributed by atoms with Gasteiger partial charge in [-0.25, -0.2) is 0 Å². The third-order valence-electron chi connectivity index (χ3n) is 2.89. The predicted molar refractivity (Wildman–Crippen MR) is 74.4 cm³/mol. The monoisotopic (exact) mass is 270 g/mol. The van der Waals surface area contributed by atoms with Crippen LogP contribution in [-0.2, 0) is 9.53 Å². The third-order valence-corrected chi connectivity index (χ3v) is 2.89. The summed E-state index contributed by atoms with van der Waals surface area (Å²) in [5, 5.41) is 6.08. The second-order valence-corrected chi connectivity index (χ2v) is 4.39. The van der Waals surface area contributed by atoms with Gasteiger partial charge in [0.1, 0.15) is 6.04 Å². The zero-order valence-electron chi connectivity index (χ0n) is 10.7. The predicted octanol–water partition coefficient (Wildman–Crippen LogP) is 1.65. The van der Waals surface area contributed by atoms with E-state index in [9.17, 15) is 4.79 Å². The Balaban J connectivity index is 0.00000162. The van der Waals surface area contributed by atoms with Gasteiger partial charge in [-0.15, -0.1) is 12.4 Å². The van der Waals surface area contributed by atoms with Crippen molar-refractivity contribution in [2.24, 2.45) is 0 Å². The molecular formula is C13H19ClN2O2. The molecule has 0 bridgehead atoms. The average molecular weight is 271 g/mol. The molecule has 1 aliphatic heterocycles. The van der Waals surface area contributed by atoms with Crippen molar-refractivity contribution in [3.8, 4) is 0 Å². The molecular weight excluding hydrogens is 252 g/mol. The summed E-state index contributed by atoms with van der Waals surface area (Å²) in [6.45, 7) is 5.84. The molecule has 2 N–H and O–H groups in total. The SMILES string of the molecule is Cc1ccc(C)c(NC(=O)C2COCCN2)c1.Cl. The van der Waals surface area contributed by atoms with Crippen LogP contribution in [0, 0.1) is 13.8 Å². The number of benzene rings is 1. The summed E-state index contributed by atoms with van der Waals surface area (Å²) < 4.78 is 5.27. The quantitative estimate of drug-likeness (QED) is 0.859. The molecule has 1 aliphatic rings. The summed E-state index contributed by atoms with van der Waals surface area (Å²) in [6.07, 6.45) is 0. The molecule has 1 unspecified atom stereocenters. The number of halogens is 1. The van der Waals surface area contributed by atoms with Gasteiger partial charge < -0.3 is 15.4 Å². The van der Waals surface area contributed by atoms with E-state index in [2.05, 4.69) is 10.6 Å². The number of hydrogen-bond acceptors (Lipinski definition) is 3. The number of hydrogen-bond donors (Lipinski definition) is 2. The lowest BCUT2D eigenvalue weighted by molar-refractivity contribution is -0.120. The van der Waals surface area contributed by atoms with Crippen molar-refractivity contribution in [2.45, 2.75) is 19.9 Å². The summed E-state index contributed by atoms with van der Waals surface area (Å²) >= 11 is 0. The first-order valence-corrected chi connectivity index (χ1v) is 5.86. The Kier molecular flexibility index (Phi) is 5.59. The van der Waals surface area contributed by atoms with Gasteiger partial charge >= 0.3 is 0 Å². The Morgan fingerprint density at radius 1 is 1.44 bits per heavy atom. The number of anilines is 1. The maximum atomic E-state index is 12.0. The fourth-order valence-electron chi connectivity index (χ4n) is 1.82. The van der Waals surface area contributed by atoms with E-state index in [1.807, 2.05) is 32.0 Å². The lowest BCUT2D eigenvalue weighted by atomic mass is 10.1. The van der Waals surface area contributed by atoms with Crippen molar-refractivity contribution < 1.29 is 9.53 Å². The lowest BCUT2D eigenvalue weighted by Gasteiger charge is -2.23. The average Bonchev–Trinajstić information content (AvgIpc) is 2.35. The van der Waals surface area contributed by atoms with E-state index in [1.54, 1.807) is 0 Å². The normalized spacial score (nSPS) is 18.9. The zero-order valence-corrected chi connectivity index (χ0v) is 11.5. The van der Waals surface area contributed by atoms with E-state index >= 15 is 0 Å². The van der Waals surface area contributed by atoms with Crippen LogP contribution in [-0.4, -0.2) is 31.7 Å². The minimum atomic E-state index is -0.247. The topological polar surface area (TPSA) is 50.4 Å². The van der Waals surface area contributed by atoms with E-state index in [-0.39, 0.29) is 24.4 Å². The molecule has 0 spiro atoms. The molecule has 1 fully saturated rings. The third kappa shape index (κ3) is 3.70. The molecule has 18 heavy (non-hydrogen) atoms. The molecule has 1 aromatic carbocycles. The highest BCUT2D eigenvalue weighted by Gasteiger charge is 2.21. The Hall–Kier alpha value is -1.10. The van der Waals surface area contributed by atoms with Crippen molar-refractivity contribution >= 4 is 24.0 Å². The first kappa shape index (κ1) is 15.0. The maximum Gasteiger partial charge on any atom is 0.243 e. The summed E-state index contributed by atoms with van der Waals surface area (Å²) in [5.41, 5.74) is 3.09. The molecule has 2 rings (SSSR count). The number of morpholine rings is 1. The Bertz CT molecular complexity index is 417. The van der Waals surface area contributed by atoms with Gasteiger partial charge in [-0.1, -0.05) is 12.1 Å². The van der Waals surface area contributed by atoms with E-state index < -0.39 is 0 Å².